The van der Waals surface area contributed by atoms with Gasteiger partial charge in [-0.3, -0.25) is 0 Å². The molecule has 28 heavy (non-hydrogen) atoms. The number of nitrogens with zero attached hydrogens (tertiary/aromatic N) is 1. The molecule has 5 aromatic rings. The van der Waals surface area contributed by atoms with Crippen molar-refractivity contribution in [3.8, 4) is 5.75 Å². The lowest BCUT2D eigenvalue weighted by Crippen LogP contribution is -2.09. The summed E-state index contributed by atoms with van der Waals surface area (Å²) in [5.74, 6) is 1.76. The molecule has 0 unspecified atom stereocenters. The maximum Gasteiger partial charge on any atom is 0.136 e. The Bertz CT molecular complexity index is 1320. The number of hydrogen-bond acceptors (Lipinski definition) is 4. The van der Waals surface area contributed by atoms with Gasteiger partial charge in [-0.15, -0.1) is 0 Å². The standard InChI is InChI=1S/C23H22N4O/c1-28-15-8-10-16-14(13-15)7-9-18-20-22(27-21(16)18)17-5-2-3-6-19(17)26-23(20)25-12-4-11-24/h2-3,5-10,13,27H,4,11-12,24H2,1H3,(H,25,26). The number of nitrogens with one attached hydrogen (secondary N) is 2. The van der Waals surface area contributed by atoms with E-state index in [1.165, 1.54) is 10.8 Å². The minimum absolute atomic E-state index is 0.657. The molecule has 5 heteroatoms. The molecule has 0 atom stereocenters. The summed E-state index contributed by atoms with van der Waals surface area (Å²) in [5.41, 5.74) is 8.88. The second-order valence-electron chi connectivity index (χ2n) is 7.00. The predicted octanol–water partition coefficient (Wildman–Crippen LogP) is 4.79. The minimum atomic E-state index is 0.657. The molecule has 5 rings (SSSR count). The molecule has 0 fully saturated rings. The number of fused-ring (bicyclic) bond motifs is 7. The van der Waals surface area contributed by atoms with Crippen molar-refractivity contribution in [2.24, 2.45) is 5.73 Å². The van der Waals surface area contributed by atoms with Crippen molar-refractivity contribution in [1.29, 1.82) is 0 Å². The number of rotatable bonds is 5. The minimum Gasteiger partial charge on any atom is -0.497 e. The molecule has 2 aromatic heterocycles. The third kappa shape index (κ3) is 2.55. The van der Waals surface area contributed by atoms with Crippen LogP contribution in [0, 0.1) is 0 Å². The number of aromatic nitrogens is 2. The fraction of sp³-hybridized carbons (Fsp3) is 0.174. The van der Waals surface area contributed by atoms with Crippen LogP contribution in [0.5, 0.6) is 5.75 Å². The molecule has 0 radical (unpaired) electrons. The number of benzene rings is 3. The summed E-state index contributed by atoms with van der Waals surface area (Å²) in [5, 5.41) is 9.23. The molecule has 0 spiro atoms. The molecule has 0 bridgehead atoms. The van der Waals surface area contributed by atoms with Crippen LogP contribution in [0.25, 0.3) is 43.5 Å². The van der Waals surface area contributed by atoms with E-state index >= 15 is 0 Å². The zero-order chi connectivity index (χ0) is 19.1. The number of pyridine rings is 1. The Kier molecular flexibility index (Phi) is 4.02. The molecular weight excluding hydrogens is 348 g/mol. The Morgan fingerprint density at radius 3 is 2.71 bits per heavy atom. The normalized spacial score (nSPS) is 11.6. The van der Waals surface area contributed by atoms with Crippen LogP contribution in [0.3, 0.4) is 0 Å². The lowest BCUT2D eigenvalue weighted by atomic mass is 10.0. The van der Waals surface area contributed by atoms with E-state index in [1.807, 2.05) is 12.1 Å². The average Bonchev–Trinajstić information content (AvgIpc) is 3.14. The van der Waals surface area contributed by atoms with Crippen LogP contribution in [0.2, 0.25) is 0 Å². The van der Waals surface area contributed by atoms with Gasteiger partial charge in [0.25, 0.3) is 0 Å². The molecule has 5 nitrogen and oxygen atoms in total. The first kappa shape index (κ1) is 16.8. The highest BCUT2D eigenvalue weighted by Crippen LogP contribution is 2.38. The van der Waals surface area contributed by atoms with Crippen LogP contribution in [-0.2, 0) is 0 Å². The molecule has 4 N–H and O–H groups in total. The molecule has 2 heterocycles. The van der Waals surface area contributed by atoms with Crippen molar-refractivity contribution in [3.63, 3.8) is 0 Å². The first-order valence-corrected chi connectivity index (χ1v) is 9.55. The monoisotopic (exact) mass is 370 g/mol. The average molecular weight is 370 g/mol. The van der Waals surface area contributed by atoms with Gasteiger partial charge in [0.15, 0.2) is 0 Å². The van der Waals surface area contributed by atoms with Crippen molar-refractivity contribution in [3.05, 3.63) is 54.6 Å². The maximum absolute atomic E-state index is 5.68. The van der Waals surface area contributed by atoms with Crippen LogP contribution in [0.1, 0.15) is 6.42 Å². The summed E-state index contributed by atoms with van der Waals surface area (Å²) in [4.78, 5) is 8.60. The number of ether oxygens (including phenoxy) is 1. The zero-order valence-corrected chi connectivity index (χ0v) is 15.8. The fourth-order valence-corrected chi connectivity index (χ4v) is 3.94. The Labute approximate surface area is 162 Å². The molecule has 0 amide bonds. The first-order valence-electron chi connectivity index (χ1n) is 9.55. The lowest BCUT2D eigenvalue weighted by molar-refractivity contribution is 0.415. The van der Waals surface area contributed by atoms with Crippen LogP contribution < -0.4 is 15.8 Å². The molecule has 140 valence electrons. The number of hydrogen-bond donors (Lipinski definition) is 3. The van der Waals surface area contributed by atoms with E-state index < -0.39 is 0 Å². The van der Waals surface area contributed by atoms with E-state index in [0.29, 0.717) is 6.54 Å². The number of aromatic amines is 1. The quantitative estimate of drug-likeness (QED) is 0.389. The van der Waals surface area contributed by atoms with E-state index in [0.717, 1.165) is 57.2 Å². The van der Waals surface area contributed by atoms with Crippen molar-refractivity contribution in [2.75, 3.05) is 25.5 Å². The zero-order valence-electron chi connectivity index (χ0n) is 15.8. The van der Waals surface area contributed by atoms with Crippen molar-refractivity contribution in [1.82, 2.24) is 9.97 Å². The van der Waals surface area contributed by atoms with Gasteiger partial charge < -0.3 is 20.8 Å². The summed E-state index contributed by atoms with van der Waals surface area (Å²) in [6, 6.07) is 18.7. The summed E-state index contributed by atoms with van der Waals surface area (Å²) < 4.78 is 5.38. The fourth-order valence-electron chi connectivity index (χ4n) is 3.94. The van der Waals surface area contributed by atoms with E-state index in [-0.39, 0.29) is 0 Å². The van der Waals surface area contributed by atoms with Gasteiger partial charge in [0, 0.05) is 22.7 Å². The number of anilines is 1. The third-order valence-electron chi connectivity index (χ3n) is 5.31. The largest absolute Gasteiger partial charge is 0.497 e. The number of nitrogens with two attached hydrogens (primary N) is 1. The van der Waals surface area contributed by atoms with Gasteiger partial charge in [0.2, 0.25) is 0 Å². The maximum atomic E-state index is 5.68. The first-order chi connectivity index (χ1) is 13.8. The van der Waals surface area contributed by atoms with Crippen molar-refractivity contribution in [2.45, 2.75) is 6.42 Å². The van der Waals surface area contributed by atoms with Gasteiger partial charge in [0.1, 0.15) is 11.6 Å². The Hall–Kier alpha value is -3.31. The predicted molar refractivity (Wildman–Crippen MR) is 117 cm³/mol. The van der Waals surface area contributed by atoms with Crippen molar-refractivity contribution >= 4 is 49.3 Å². The second-order valence-corrected chi connectivity index (χ2v) is 7.00. The van der Waals surface area contributed by atoms with Crippen molar-refractivity contribution < 1.29 is 4.74 Å². The highest BCUT2D eigenvalue weighted by molar-refractivity contribution is 6.24. The third-order valence-corrected chi connectivity index (χ3v) is 5.31. The van der Waals surface area contributed by atoms with Crippen LogP contribution in [0.15, 0.2) is 54.6 Å². The van der Waals surface area contributed by atoms with Gasteiger partial charge in [-0.05, 0) is 42.6 Å². The summed E-state index contributed by atoms with van der Waals surface area (Å²) >= 11 is 0. The Balaban J connectivity index is 1.86. The van der Waals surface area contributed by atoms with Gasteiger partial charge in [-0.1, -0.05) is 30.3 Å². The van der Waals surface area contributed by atoms with Gasteiger partial charge in [0.05, 0.1) is 29.0 Å². The van der Waals surface area contributed by atoms with E-state index in [4.69, 9.17) is 15.5 Å². The Morgan fingerprint density at radius 2 is 1.86 bits per heavy atom. The Morgan fingerprint density at radius 1 is 1.00 bits per heavy atom. The van der Waals surface area contributed by atoms with Crippen LogP contribution >= 0.6 is 0 Å². The number of para-hydroxylation sites is 1. The van der Waals surface area contributed by atoms with E-state index in [2.05, 4.69) is 52.8 Å². The molecule has 0 saturated carbocycles. The SMILES string of the molecule is COc1ccc2c(ccc3c2[nH]c2c4ccccc4nc(NCCCN)c32)c1. The highest BCUT2D eigenvalue weighted by Gasteiger charge is 2.15. The molecule has 0 aliphatic carbocycles. The molecule has 0 saturated heterocycles. The summed E-state index contributed by atoms with van der Waals surface area (Å²) in [6.07, 6.45) is 0.904. The summed E-state index contributed by atoms with van der Waals surface area (Å²) in [7, 11) is 1.69. The van der Waals surface area contributed by atoms with Gasteiger partial charge in [-0.25, -0.2) is 4.98 Å². The smallest absolute Gasteiger partial charge is 0.136 e. The van der Waals surface area contributed by atoms with Gasteiger partial charge >= 0.3 is 0 Å². The molecule has 0 aliphatic heterocycles. The van der Waals surface area contributed by atoms with E-state index in [1.54, 1.807) is 7.11 Å². The highest BCUT2D eigenvalue weighted by atomic mass is 16.5. The van der Waals surface area contributed by atoms with Crippen LogP contribution in [0.4, 0.5) is 5.82 Å². The van der Waals surface area contributed by atoms with Gasteiger partial charge in [-0.2, -0.15) is 0 Å². The molecule has 3 aromatic carbocycles. The number of H-pyrrole nitrogens is 1. The topological polar surface area (TPSA) is 76.0 Å². The second kappa shape index (κ2) is 6.69. The van der Waals surface area contributed by atoms with E-state index in [9.17, 15) is 0 Å². The summed E-state index contributed by atoms with van der Waals surface area (Å²) in [6.45, 7) is 1.46. The molecule has 0 aliphatic rings. The number of methoxy groups -OCH3 is 1. The van der Waals surface area contributed by atoms with Crippen LogP contribution in [-0.4, -0.2) is 30.2 Å². The lowest BCUT2D eigenvalue weighted by Gasteiger charge is -2.09. The molecular formula is C23H22N4O.